The highest BCUT2D eigenvalue weighted by atomic mass is 19.4. The number of nitrogens with zero attached hydrogens (tertiary/aromatic N) is 2. The average molecular weight is 438 g/mol. The van der Waals surface area contributed by atoms with Crippen LogP contribution in [0.15, 0.2) is 36.7 Å². The predicted molar refractivity (Wildman–Crippen MR) is 102 cm³/mol. The second-order valence-corrected chi connectivity index (χ2v) is 7.45. The van der Waals surface area contributed by atoms with E-state index in [-0.39, 0.29) is 17.7 Å². The largest absolute Gasteiger partial charge is 0.490 e. The maximum atomic E-state index is 12.5. The smallest absolute Gasteiger partial charge is 0.475 e. The lowest BCUT2D eigenvalue weighted by atomic mass is 9.93. The van der Waals surface area contributed by atoms with Crippen LogP contribution in [0.1, 0.15) is 17.0 Å². The van der Waals surface area contributed by atoms with Gasteiger partial charge in [-0.15, -0.1) is 0 Å². The van der Waals surface area contributed by atoms with Crippen molar-refractivity contribution in [1.29, 1.82) is 0 Å². The molecule has 2 heterocycles. The number of hydrogen-bond donors (Lipinski definition) is 3. The summed E-state index contributed by atoms with van der Waals surface area (Å²) in [6, 6.07) is 7.22. The molecule has 2 unspecified atom stereocenters. The van der Waals surface area contributed by atoms with E-state index in [2.05, 4.69) is 27.8 Å². The van der Waals surface area contributed by atoms with Gasteiger partial charge < -0.3 is 20.3 Å². The number of carboxylic acids is 1. The van der Waals surface area contributed by atoms with E-state index in [0.717, 1.165) is 18.7 Å². The Morgan fingerprint density at radius 3 is 2.23 bits per heavy atom. The topological polar surface area (TPSA) is 113 Å². The minimum Gasteiger partial charge on any atom is -0.475 e. The second kappa shape index (κ2) is 8.78. The Labute approximate surface area is 175 Å². The summed E-state index contributed by atoms with van der Waals surface area (Å²) in [5, 5.41) is 12.9. The summed E-state index contributed by atoms with van der Waals surface area (Å²) >= 11 is 0. The molecular formula is C20H21F3N4O4. The molecule has 0 spiro atoms. The molecule has 2 amide bonds. The molecule has 166 valence electrons. The number of hydrogen-bond acceptors (Lipinski definition) is 4. The molecule has 11 heteroatoms. The molecule has 1 aliphatic heterocycles. The maximum absolute atomic E-state index is 12.5. The molecule has 1 aromatic carbocycles. The number of carbonyl (C=O) groups is 3. The van der Waals surface area contributed by atoms with Crippen molar-refractivity contribution < 1.29 is 32.7 Å². The van der Waals surface area contributed by atoms with Crippen LogP contribution >= 0.6 is 0 Å². The number of halogens is 3. The van der Waals surface area contributed by atoms with Gasteiger partial charge in [0, 0.05) is 25.9 Å². The Balaban J connectivity index is 0.000000339. The molecule has 2 aromatic rings. The third-order valence-electron chi connectivity index (χ3n) is 5.32. The number of aromatic nitrogens is 2. The van der Waals surface area contributed by atoms with Gasteiger partial charge in [-0.2, -0.15) is 13.2 Å². The normalized spacial score (nSPS) is 20.9. The highest BCUT2D eigenvalue weighted by molar-refractivity contribution is 5.97. The summed E-state index contributed by atoms with van der Waals surface area (Å²) in [4.78, 5) is 38.1. The number of alkyl halides is 3. The van der Waals surface area contributed by atoms with Crippen molar-refractivity contribution in [1.82, 2.24) is 20.2 Å². The quantitative estimate of drug-likeness (QED) is 0.662. The van der Waals surface area contributed by atoms with Crippen molar-refractivity contribution in [3.8, 4) is 0 Å². The van der Waals surface area contributed by atoms with Crippen molar-refractivity contribution in [2.45, 2.75) is 37.5 Å². The summed E-state index contributed by atoms with van der Waals surface area (Å²) in [7, 11) is 1.88. The van der Waals surface area contributed by atoms with Gasteiger partial charge in [0.25, 0.3) is 0 Å². The van der Waals surface area contributed by atoms with Crippen molar-refractivity contribution >= 4 is 17.8 Å². The molecule has 4 rings (SSSR count). The molecule has 0 bridgehead atoms. The van der Waals surface area contributed by atoms with E-state index < -0.39 is 24.2 Å². The van der Waals surface area contributed by atoms with Crippen molar-refractivity contribution in [3.63, 3.8) is 0 Å². The van der Waals surface area contributed by atoms with Gasteiger partial charge >= 0.3 is 12.1 Å². The van der Waals surface area contributed by atoms with Crippen LogP contribution in [0.3, 0.4) is 0 Å². The fraction of sp³-hybridized carbons (Fsp3) is 0.400. The average Bonchev–Trinajstić information content (AvgIpc) is 3.30. The predicted octanol–water partition coefficient (Wildman–Crippen LogP) is 0.994. The summed E-state index contributed by atoms with van der Waals surface area (Å²) in [6.45, 7) is 0. The Bertz CT molecular complexity index is 964. The highest BCUT2D eigenvalue weighted by Gasteiger charge is 2.40. The second-order valence-electron chi connectivity index (χ2n) is 7.45. The van der Waals surface area contributed by atoms with E-state index in [4.69, 9.17) is 9.90 Å². The third-order valence-corrected chi connectivity index (χ3v) is 5.32. The number of carboxylic acid groups (broad SMARTS) is 1. The lowest BCUT2D eigenvalue weighted by Crippen LogP contribution is -2.64. The van der Waals surface area contributed by atoms with E-state index in [9.17, 15) is 22.8 Å². The van der Waals surface area contributed by atoms with Gasteiger partial charge in [0.2, 0.25) is 11.8 Å². The molecule has 8 nitrogen and oxygen atoms in total. The Morgan fingerprint density at radius 1 is 1.16 bits per heavy atom. The molecule has 1 aromatic heterocycles. The zero-order valence-electron chi connectivity index (χ0n) is 16.5. The molecule has 2 aliphatic rings. The van der Waals surface area contributed by atoms with Gasteiger partial charge in [-0.25, -0.2) is 9.78 Å². The first-order chi connectivity index (χ1) is 14.6. The van der Waals surface area contributed by atoms with E-state index in [1.807, 2.05) is 29.9 Å². The standard InChI is InChI=1S/C18H20N4O2.C2HF3O2/c1-22-7-6-19-15(22)10-14-17(23)21-16(18(24)20-14)13-8-11-4-2-3-5-12(11)9-13;3-2(4,5)1(6)7/h2-7,13-14,16H,8-10H2,1H3,(H,20,24)(H,21,23);(H,6,7). The first kappa shape index (κ1) is 22.3. The van der Waals surface area contributed by atoms with Gasteiger partial charge in [-0.3, -0.25) is 9.59 Å². The van der Waals surface area contributed by atoms with Crippen molar-refractivity contribution in [3.05, 3.63) is 53.6 Å². The number of nitrogens with one attached hydrogen (secondary N) is 2. The van der Waals surface area contributed by atoms with Gasteiger partial charge in [0.05, 0.1) is 0 Å². The van der Waals surface area contributed by atoms with E-state index in [1.54, 1.807) is 6.20 Å². The summed E-state index contributed by atoms with van der Waals surface area (Å²) in [5.41, 5.74) is 2.55. The number of aliphatic carboxylic acids is 1. The van der Waals surface area contributed by atoms with E-state index in [0.29, 0.717) is 6.42 Å². The molecule has 0 saturated carbocycles. The zero-order chi connectivity index (χ0) is 22.8. The zero-order valence-corrected chi connectivity index (χ0v) is 16.5. The summed E-state index contributed by atoms with van der Waals surface area (Å²) < 4.78 is 33.6. The number of piperazine rings is 1. The minimum absolute atomic E-state index is 0.0911. The van der Waals surface area contributed by atoms with Crippen LogP contribution in [0.25, 0.3) is 0 Å². The summed E-state index contributed by atoms with van der Waals surface area (Å²) in [5.74, 6) is -2.07. The molecular weight excluding hydrogens is 417 g/mol. The maximum Gasteiger partial charge on any atom is 0.490 e. The number of fused-ring (bicyclic) bond motifs is 1. The van der Waals surface area contributed by atoms with Crippen molar-refractivity contribution in [2.24, 2.45) is 13.0 Å². The number of imidazole rings is 1. The van der Waals surface area contributed by atoms with E-state index in [1.165, 1.54) is 11.1 Å². The van der Waals surface area contributed by atoms with Crippen LogP contribution < -0.4 is 10.6 Å². The fourth-order valence-electron chi connectivity index (χ4n) is 3.73. The molecule has 1 aliphatic carbocycles. The first-order valence-corrected chi connectivity index (χ1v) is 9.50. The van der Waals surface area contributed by atoms with Crippen LogP contribution in [0.5, 0.6) is 0 Å². The number of amides is 2. The van der Waals surface area contributed by atoms with Gasteiger partial charge in [-0.05, 0) is 29.9 Å². The first-order valence-electron chi connectivity index (χ1n) is 9.50. The highest BCUT2D eigenvalue weighted by Crippen LogP contribution is 2.29. The Kier molecular flexibility index (Phi) is 6.32. The van der Waals surface area contributed by atoms with Gasteiger partial charge in [0.15, 0.2) is 0 Å². The Hall–Kier alpha value is -3.37. The van der Waals surface area contributed by atoms with Crippen LogP contribution in [-0.4, -0.2) is 50.7 Å². The molecule has 1 fully saturated rings. The van der Waals surface area contributed by atoms with Gasteiger partial charge in [0.1, 0.15) is 17.9 Å². The van der Waals surface area contributed by atoms with Crippen LogP contribution in [0.2, 0.25) is 0 Å². The number of benzene rings is 1. The third kappa shape index (κ3) is 5.22. The number of rotatable bonds is 3. The molecule has 3 N–H and O–H groups in total. The fourth-order valence-corrected chi connectivity index (χ4v) is 3.73. The van der Waals surface area contributed by atoms with Crippen LogP contribution in [0.4, 0.5) is 13.2 Å². The van der Waals surface area contributed by atoms with Crippen LogP contribution in [0, 0.1) is 5.92 Å². The van der Waals surface area contributed by atoms with Gasteiger partial charge in [-0.1, -0.05) is 24.3 Å². The molecule has 31 heavy (non-hydrogen) atoms. The monoisotopic (exact) mass is 438 g/mol. The summed E-state index contributed by atoms with van der Waals surface area (Å²) in [6.07, 6.45) is 0.503. The van der Waals surface area contributed by atoms with Crippen LogP contribution in [-0.2, 0) is 40.7 Å². The number of carbonyl (C=O) groups excluding carboxylic acids is 2. The van der Waals surface area contributed by atoms with E-state index >= 15 is 0 Å². The molecule has 1 saturated heterocycles. The minimum atomic E-state index is -5.08. The SMILES string of the molecule is Cn1ccnc1CC1NC(=O)C(C2Cc3ccccc3C2)NC1=O.O=C(O)C(F)(F)F. The molecule has 0 radical (unpaired) electrons. The molecule has 2 atom stereocenters. The number of aryl methyl sites for hydroxylation is 1. The lowest BCUT2D eigenvalue weighted by Gasteiger charge is -2.32. The lowest BCUT2D eigenvalue weighted by molar-refractivity contribution is -0.192. The Morgan fingerprint density at radius 2 is 1.74 bits per heavy atom. The van der Waals surface area contributed by atoms with Crippen molar-refractivity contribution in [2.75, 3.05) is 0 Å².